The van der Waals surface area contributed by atoms with Crippen LogP contribution in [0.2, 0.25) is 0 Å². The molecule has 2 aliphatic heterocycles. The summed E-state index contributed by atoms with van der Waals surface area (Å²) in [4.78, 5) is 21.6. The van der Waals surface area contributed by atoms with Crippen molar-refractivity contribution in [2.75, 3.05) is 19.6 Å². The lowest BCUT2D eigenvalue weighted by Gasteiger charge is -2.23. The maximum absolute atomic E-state index is 12.9. The van der Waals surface area contributed by atoms with Gasteiger partial charge in [-0.2, -0.15) is 22.7 Å². The molecule has 0 spiro atoms. The van der Waals surface area contributed by atoms with Gasteiger partial charge in [0, 0.05) is 19.5 Å². The van der Waals surface area contributed by atoms with E-state index < -0.39 is 28.2 Å². The largest absolute Gasteiger partial charge is 0.490 e. The lowest BCUT2D eigenvalue weighted by atomic mass is 10.00. The van der Waals surface area contributed by atoms with Gasteiger partial charge in [-0.3, -0.25) is 4.79 Å². The van der Waals surface area contributed by atoms with Gasteiger partial charge in [-0.1, -0.05) is 42.8 Å². The van der Waals surface area contributed by atoms with Crippen molar-refractivity contribution in [2.24, 2.45) is 0 Å². The quantitative estimate of drug-likeness (QED) is 0.456. The third kappa shape index (κ3) is 8.51. The summed E-state index contributed by atoms with van der Waals surface area (Å²) in [5.74, 6) is -2.87. The summed E-state index contributed by atoms with van der Waals surface area (Å²) >= 11 is 0. The van der Waals surface area contributed by atoms with E-state index in [1.807, 2.05) is 30.3 Å². The van der Waals surface area contributed by atoms with Gasteiger partial charge in [0.15, 0.2) is 0 Å². The Morgan fingerprint density at radius 1 is 1.07 bits per heavy atom. The number of sulfonamides is 1. The summed E-state index contributed by atoms with van der Waals surface area (Å²) in [7, 11) is -3.47. The first kappa shape index (κ1) is 31.1. The molecule has 0 aliphatic carbocycles. The highest BCUT2D eigenvalue weighted by atomic mass is 32.2. The topological polar surface area (TPSA) is 140 Å². The number of carbonyl (C=O) groups excluding carboxylic acids is 1. The number of carboxylic acid groups (broad SMARTS) is 1. The number of piperidine rings is 1. The number of carboxylic acids is 1. The van der Waals surface area contributed by atoms with E-state index in [1.54, 1.807) is 22.5 Å². The van der Waals surface area contributed by atoms with Gasteiger partial charge in [-0.05, 0) is 61.1 Å². The lowest BCUT2D eigenvalue weighted by Crippen LogP contribution is -2.49. The number of alkyl halides is 3. The van der Waals surface area contributed by atoms with Crippen molar-refractivity contribution in [3.63, 3.8) is 0 Å². The van der Waals surface area contributed by atoms with E-state index in [0.29, 0.717) is 24.4 Å². The Kier molecular flexibility index (Phi) is 10.7. The number of aliphatic carboxylic acids is 1. The molecule has 0 bridgehead atoms. The van der Waals surface area contributed by atoms with Crippen molar-refractivity contribution in [3.05, 3.63) is 54.1 Å². The van der Waals surface area contributed by atoms with Crippen LogP contribution in [-0.4, -0.2) is 67.6 Å². The van der Waals surface area contributed by atoms with Crippen LogP contribution in [-0.2, 0) is 26.0 Å². The monoisotopic (exact) mass is 580 g/mol. The molecule has 0 radical (unpaired) electrons. The minimum Gasteiger partial charge on any atom is -0.475 e. The Morgan fingerprint density at radius 2 is 1.73 bits per heavy atom. The van der Waals surface area contributed by atoms with Gasteiger partial charge in [-0.25, -0.2) is 13.2 Å². The van der Waals surface area contributed by atoms with Gasteiger partial charge >= 0.3 is 12.1 Å². The molecule has 1 amide bonds. The second-order valence-electron chi connectivity index (χ2n) is 9.54. The zero-order valence-electron chi connectivity index (χ0n) is 21.7. The fourth-order valence-electron chi connectivity index (χ4n) is 4.46. The minimum atomic E-state index is -5.08. The van der Waals surface area contributed by atoms with Crippen LogP contribution in [0.5, 0.6) is 0 Å². The molecule has 2 atom stereocenters. The van der Waals surface area contributed by atoms with E-state index in [9.17, 15) is 31.6 Å². The number of hydrogen-bond acceptors (Lipinski definition) is 6. The maximum atomic E-state index is 12.9. The van der Waals surface area contributed by atoms with Crippen LogP contribution in [0.4, 0.5) is 13.2 Å². The Hall–Kier alpha value is -3.47. The van der Waals surface area contributed by atoms with E-state index >= 15 is 0 Å². The van der Waals surface area contributed by atoms with Crippen LogP contribution in [0.3, 0.4) is 0 Å². The summed E-state index contributed by atoms with van der Waals surface area (Å²) in [6, 6.07) is 16.1. The molecule has 2 aromatic rings. The number of carbonyl (C=O) groups is 2. The SMILES string of the molecule is N#C[C@H](Cc1ccc(-c2cccc(S(=O)(=O)N3CCCC3)c2)cc1)NC(=O)[C@@H]1CCCCN1.O=C(O)C(F)(F)F. The molecular formula is C27H31F3N4O5S. The number of nitriles is 1. The zero-order valence-corrected chi connectivity index (χ0v) is 22.5. The standard InChI is InChI=1S/C25H30N4O3S.C2HF3O2/c26-18-22(28-25(30)24-8-1-2-13-27-24)16-19-9-11-20(12-10-19)21-6-5-7-23(17-21)33(31,32)29-14-3-4-15-29;3-2(4,5)1(6)7/h5-7,9-12,17,22,24,27H,1-4,8,13-16H2,(H,28,30);(H,6,7)/t22-,24-;/m0./s1. The van der Waals surface area contributed by atoms with Crippen LogP contribution in [0, 0.1) is 11.3 Å². The predicted molar refractivity (Wildman–Crippen MR) is 140 cm³/mol. The molecule has 4 rings (SSSR count). The number of rotatable bonds is 7. The van der Waals surface area contributed by atoms with E-state index in [1.165, 1.54) is 0 Å². The minimum absolute atomic E-state index is 0.117. The Morgan fingerprint density at radius 3 is 2.27 bits per heavy atom. The lowest BCUT2D eigenvalue weighted by molar-refractivity contribution is -0.192. The number of hydrogen-bond donors (Lipinski definition) is 3. The molecule has 2 heterocycles. The molecule has 13 heteroatoms. The normalized spacial score (nSPS) is 18.6. The van der Waals surface area contributed by atoms with Crippen LogP contribution >= 0.6 is 0 Å². The molecule has 216 valence electrons. The van der Waals surface area contributed by atoms with Gasteiger partial charge in [0.05, 0.1) is 17.0 Å². The fraction of sp³-hybridized carbons (Fsp3) is 0.444. The summed E-state index contributed by atoms with van der Waals surface area (Å²) in [5, 5.41) is 22.7. The second kappa shape index (κ2) is 13.7. The molecule has 2 aliphatic rings. The molecule has 2 aromatic carbocycles. The molecule has 0 saturated carbocycles. The first-order valence-corrected chi connectivity index (χ1v) is 14.3. The van der Waals surface area contributed by atoms with E-state index in [0.717, 1.165) is 55.3 Å². The highest BCUT2D eigenvalue weighted by Crippen LogP contribution is 2.26. The van der Waals surface area contributed by atoms with Crippen LogP contribution in [0.15, 0.2) is 53.4 Å². The average Bonchev–Trinajstić information content (AvgIpc) is 3.50. The molecule has 3 N–H and O–H groups in total. The Labute approximate surface area is 231 Å². The van der Waals surface area contributed by atoms with Crippen molar-refractivity contribution >= 4 is 21.9 Å². The molecule has 40 heavy (non-hydrogen) atoms. The first-order chi connectivity index (χ1) is 18.9. The third-order valence-electron chi connectivity index (χ3n) is 6.61. The van der Waals surface area contributed by atoms with Gasteiger partial charge < -0.3 is 15.7 Å². The molecule has 2 fully saturated rings. The predicted octanol–water partition coefficient (Wildman–Crippen LogP) is 3.46. The number of nitrogens with one attached hydrogen (secondary N) is 2. The zero-order chi connectivity index (χ0) is 29.3. The Balaban J connectivity index is 0.000000559. The van der Waals surface area contributed by atoms with Crippen molar-refractivity contribution in [1.29, 1.82) is 5.26 Å². The van der Waals surface area contributed by atoms with Crippen LogP contribution in [0.25, 0.3) is 11.1 Å². The molecule has 0 unspecified atom stereocenters. The van der Waals surface area contributed by atoms with Gasteiger partial charge in [-0.15, -0.1) is 0 Å². The highest BCUT2D eigenvalue weighted by molar-refractivity contribution is 7.89. The van der Waals surface area contributed by atoms with E-state index in [-0.39, 0.29) is 11.9 Å². The fourth-order valence-corrected chi connectivity index (χ4v) is 6.02. The highest BCUT2D eigenvalue weighted by Gasteiger charge is 2.38. The summed E-state index contributed by atoms with van der Waals surface area (Å²) in [5.41, 5.74) is 2.67. The van der Waals surface area contributed by atoms with Crippen molar-refractivity contribution in [3.8, 4) is 17.2 Å². The smallest absolute Gasteiger partial charge is 0.475 e. The molecule has 9 nitrogen and oxygen atoms in total. The third-order valence-corrected chi connectivity index (χ3v) is 8.50. The number of nitrogens with zero attached hydrogens (tertiary/aromatic N) is 2. The molecule has 0 aromatic heterocycles. The van der Waals surface area contributed by atoms with Gasteiger partial charge in [0.2, 0.25) is 15.9 Å². The van der Waals surface area contributed by atoms with E-state index in [4.69, 9.17) is 9.90 Å². The summed E-state index contributed by atoms with van der Waals surface area (Å²) in [6.07, 6.45) is 0.0302. The van der Waals surface area contributed by atoms with Crippen molar-refractivity contribution in [1.82, 2.24) is 14.9 Å². The summed E-state index contributed by atoms with van der Waals surface area (Å²) < 4.78 is 59.1. The van der Waals surface area contributed by atoms with Gasteiger partial charge in [0.1, 0.15) is 6.04 Å². The van der Waals surface area contributed by atoms with E-state index in [2.05, 4.69) is 16.7 Å². The van der Waals surface area contributed by atoms with Crippen LogP contribution in [0.1, 0.15) is 37.7 Å². The first-order valence-electron chi connectivity index (χ1n) is 12.8. The Bertz CT molecular complexity index is 1310. The van der Waals surface area contributed by atoms with Gasteiger partial charge in [0.25, 0.3) is 0 Å². The number of halogens is 3. The molecule has 2 saturated heterocycles. The number of benzene rings is 2. The van der Waals surface area contributed by atoms with Crippen molar-refractivity contribution in [2.45, 2.75) is 61.7 Å². The summed E-state index contributed by atoms with van der Waals surface area (Å²) in [6.45, 7) is 1.99. The maximum Gasteiger partial charge on any atom is 0.490 e. The van der Waals surface area contributed by atoms with Crippen LogP contribution < -0.4 is 10.6 Å². The number of amides is 1. The average molecular weight is 581 g/mol. The molecular weight excluding hydrogens is 549 g/mol. The second-order valence-corrected chi connectivity index (χ2v) is 11.5. The van der Waals surface area contributed by atoms with Crippen molar-refractivity contribution < 1.29 is 36.3 Å².